The van der Waals surface area contributed by atoms with E-state index in [1.165, 1.54) is 0 Å². The predicted octanol–water partition coefficient (Wildman–Crippen LogP) is 3.71. The minimum absolute atomic E-state index is 0.287. The summed E-state index contributed by atoms with van der Waals surface area (Å²) in [6.45, 7) is -1.32. The number of carbonyl (C=O) groups is 1. The van der Waals surface area contributed by atoms with Gasteiger partial charge in [0.2, 0.25) is 0 Å². The lowest BCUT2D eigenvalue weighted by Crippen LogP contribution is -2.33. The third-order valence-electron chi connectivity index (χ3n) is 2.41. The number of alkyl halides is 3. The summed E-state index contributed by atoms with van der Waals surface area (Å²) in [6, 6.07) is 10.8. The van der Waals surface area contributed by atoms with Gasteiger partial charge in [-0.05, 0) is 17.0 Å². The molecule has 0 aliphatic rings. The zero-order valence-corrected chi connectivity index (χ0v) is 10.5. The average molecular weight is 285 g/mol. The molecule has 0 saturated heterocycles. The summed E-state index contributed by atoms with van der Waals surface area (Å²) in [4.78, 5) is 12.0. The first-order valence-corrected chi connectivity index (χ1v) is 6.33. The molecular weight excluding hydrogens is 275 g/mol. The molecule has 6 heteroatoms. The molecule has 1 aromatic heterocycles. The Kier molecular flexibility index (Phi) is 3.90. The zero-order valence-electron chi connectivity index (χ0n) is 9.70. The third-order valence-corrected chi connectivity index (χ3v) is 3.32. The molecule has 0 fully saturated rings. The van der Waals surface area contributed by atoms with Crippen molar-refractivity contribution in [2.24, 2.45) is 0 Å². The molecule has 19 heavy (non-hydrogen) atoms. The van der Waals surface area contributed by atoms with Crippen LogP contribution in [0.5, 0.6) is 0 Å². The molecule has 2 rings (SSSR count). The van der Waals surface area contributed by atoms with Crippen LogP contribution in [0.25, 0.3) is 11.1 Å². The van der Waals surface area contributed by atoms with Crippen molar-refractivity contribution >= 4 is 17.2 Å². The van der Waals surface area contributed by atoms with Crippen LogP contribution < -0.4 is 5.32 Å². The minimum atomic E-state index is -4.40. The van der Waals surface area contributed by atoms with Crippen molar-refractivity contribution in [2.45, 2.75) is 6.18 Å². The summed E-state index contributed by atoms with van der Waals surface area (Å²) in [6.07, 6.45) is -4.40. The van der Waals surface area contributed by atoms with Crippen LogP contribution in [-0.2, 0) is 0 Å². The fraction of sp³-hybridized carbons (Fsp3) is 0.154. The highest BCUT2D eigenvalue weighted by Crippen LogP contribution is 2.28. The normalized spacial score (nSPS) is 11.3. The topological polar surface area (TPSA) is 29.1 Å². The number of thiophene rings is 1. The fourth-order valence-corrected chi connectivity index (χ4v) is 2.42. The molecule has 0 bridgehead atoms. The highest BCUT2D eigenvalue weighted by Gasteiger charge is 2.28. The van der Waals surface area contributed by atoms with Crippen molar-refractivity contribution in [1.29, 1.82) is 0 Å². The Bertz CT molecular complexity index is 563. The Balaban J connectivity index is 2.18. The van der Waals surface area contributed by atoms with Gasteiger partial charge in [0.25, 0.3) is 5.91 Å². The lowest BCUT2D eigenvalue weighted by atomic mass is 10.1. The Hall–Kier alpha value is -1.82. The van der Waals surface area contributed by atoms with Crippen LogP contribution in [0.1, 0.15) is 9.67 Å². The number of carbonyl (C=O) groups excluding carboxylic acids is 1. The first-order valence-electron chi connectivity index (χ1n) is 5.45. The van der Waals surface area contributed by atoms with Gasteiger partial charge in [-0.3, -0.25) is 4.79 Å². The maximum absolute atomic E-state index is 12.1. The molecule has 1 amide bonds. The van der Waals surface area contributed by atoms with E-state index in [1.54, 1.807) is 11.4 Å². The van der Waals surface area contributed by atoms with Crippen molar-refractivity contribution in [1.82, 2.24) is 5.32 Å². The third kappa shape index (κ3) is 3.57. The quantitative estimate of drug-likeness (QED) is 0.915. The maximum Gasteiger partial charge on any atom is 0.405 e. The second-order valence-electron chi connectivity index (χ2n) is 3.83. The summed E-state index contributed by atoms with van der Waals surface area (Å²) in [5, 5.41) is 3.57. The van der Waals surface area contributed by atoms with Gasteiger partial charge in [0.05, 0.1) is 4.88 Å². The van der Waals surface area contributed by atoms with E-state index in [-0.39, 0.29) is 4.88 Å². The van der Waals surface area contributed by atoms with Gasteiger partial charge in [0.15, 0.2) is 0 Å². The van der Waals surface area contributed by atoms with Crippen molar-refractivity contribution in [2.75, 3.05) is 6.54 Å². The number of benzene rings is 1. The first kappa shape index (κ1) is 13.6. The van der Waals surface area contributed by atoms with Crippen LogP contribution >= 0.6 is 11.3 Å². The van der Waals surface area contributed by atoms with E-state index in [0.717, 1.165) is 16.9 Å². The van der Waals surface area contributed by atoms with E-state index < -0.39 is 18.6 Å². The summed E-state index contributed by atoms with van der Waals surface area (Å²) < 4.78 is 36.2. The number of hydrogen-bond donors (Lipinski definition) is 1. The summed E-state index contributed by atoms with van der Waals surface area (Å²) in [5.41, 5.74) is 1.45. The molecule has 0 atom stereocenters. The zero-order chi connectivity index (χ0) is 13.9. The van der Waals surface area contributed by atoms with Crippen molar-refractivity contribution < 1.29 is 18.0 Å². The van der Waals surface area contributed by atoms with Gasteiger partial charge >= 0.3 is 6.18 Å². The molecule has 1 aromatic carbocycles. The Morgan fingerprint density at radius 2 is 1.84 bits per heavy atom. The van der Waals surface area contributed by atoms with Gasteiger partial charge in [-0.2, -0.15) is 13.2 Å². The molecule has 100 valence electrons. The summed E-state index contributed by atoms with van der Waals surface area (Å²) in [7, 11) is 0. The van der Waals surface area contributed by atoms with Crippen LogP contribution in [0.3, 0.4) is 0 Å². The van der Waals surface area contributed by atoms with E-state index in [9.17, 15) is 18.0 Å². The lowest BCUT2D eigenvalue weighted by molar-refractivity contribution is -0.123. The standard InChI is InChI=1S/C13H10F3NOS/c14-13(15,16)8-17-12(18)11-10(6-7-19-11)9-4-2-1-3-5-9/h1-7H,8H2,(H,17,18). The van der Waals surface area contributed by atoms with Gasteiger partial charge in [0.1, 0.15) is 6.54 Å². The molecule has 1 N–H and O–H groups in total. The number of amides is 1. The largest absolute Gasteiger partial charge is 0.405 e. The number of nitrogens with one attached hydrogen (secondary N) is 1. The van der Waals surface area contributed by atoms with Gasteiger partial charge in [-0.1, -0.05) is 30.3 Å². The highest BCUT2D eigenvalue weighted by molar-refractivity contribution is 7.12. The van der Waals surface area contributed by atoms with Crippen molar-refractivity contribution in [3.05, 3.63) is 46.7 Å². The SMILES string of the molecule is O=C(NCC(F)(F)F)c1sccc1-c1ccccc1. The van der Waals surface area contributed by atoms with Gasteiger partial charge < -0.3 is 5.32 Å². The van der Waals surface area contributed by atoms with Crippen LogP contribution in [0, 0.1) is 0 Å². The number of rotatable bonds is 3. The van der Waals surface area contributed by atoms with E-state index in [2.05, 4.69) is 0 Å². The van der Waals surface area contributed by atoms with Gasteiger partial charge in [-0.15, -0.1) is 11.3 Å². The summed E-state index contributed by atoms with van der Waals surface area (Å²) >= 11 is 1.12. The van der Waals surface area contributed by atoms with Crippen molar-refractivity contribution in [3.8, 4) is 11.1 Å². The highest BCUT2D eigenvalue weighted by atomic mass is 32.1. The second-order valence-corrected chi connectivity index (χ2v) is 4.74. The second kappa shape index (κ2) is 5.44. The van der Waals surface area contributed by atoms with Crippen LogP contribution in [0.15, 0.2) is 41.8 Å². The number of hydrogen-bond acceptors (Lipinski definition) is 2. The molecule has 2 nitrogen and oxygen atoms in total. The summed E-state index contributed by atoms with van der Waals surface area (Å²) in [5.74, 6) is -0.703. The Morgan fingerprint density at radius 3 is 2.47 bits per heavy atom. The van der Waals surface area contributed by atoms with E-state index in [1.807, 2.05) is 35.6 Å². The van der Waals surface area contributed by atoms with E-state index >= 15 is 0 Å². The minimum Gasteiger partial charge on any atom is -0.342 e. The molecule has 0 unspecified atom stereocenters. The predicted molar refractivity (Wildman–Crippen MR) is 68.1 cm³/mol. The maximum atomic E-state index is 12.1. The molecule has 2 aromatic rings. The Morgan fingerprint density at radius 1 is 1.16 bits per heavy atom. The van der Waals surface area contributed by atoms with Crippen molar-refractivity contribution in [3.63, 3.8) is 0 Å². The first-order chi connectivity index (χ1) is 8.97. The molecule has 0 saturated carbocycles. The molecule has 0 aliphatic heterocycles. The van der Waals surface area contributed by atoms with Crippen LogP contribution in [0.4, 0.5) is 13.2 Å². The lowest BCUT2D eigenvalue weighted by Gasteiger charge is -2.08. The molecular formula is C13H10F3NOS. The van der Waals surface area contributed by atoms with E-state index in [4.69, 9.17) is 0 Å². The average Bonchev–Trinajstić information content (AvgIpc) is 2.85. The molecule has 1 heterocycles. The number of halogens is 3. The fourth-order valence-electron chi connectivity index (χ4n) is 1.59. The monoisotopic (exact) mass is 285 g/mol. The molecule has 0 radical (unpaired) electrons. The molecule has 0 aliphatic carbocycles. The van der Waals surface area contributed by atoms with Gasteiger partial charge in [0, 0.05) is 5.56 Å². The van der Waals surface area contributed by atoms with E-state index in [0.29, 0.717) is 5.56 Å². The van der Waals surface area contributed by atoms with Crippen LogP contribution in [0.2, 0.25) is 0 Å². The molecule has 0 spiro atoms. The Labute approximate surface area is 111 Å². The van der Waals surface area contributed by atoms with Gasteiger partial charge in [-0.25, -0.2) is 0 Å². The van der Waals surface area contributed by atoms with Crippen LogP contribution in [-0.4, -0.2) is 18.6 Å². The smallest absolute Gasteiger partial charge is 0.342 e.